The first-order valence-electron chi connectivity index (χ1n) is 2.87. The van der Waals surface area contributed by atoms with E-state index >= 15 is 0 Å². The number of aliphatic hydroxyl groups excluding tert-OH is 1. The molecule has 2 heterocycles. The average Bonchev–Trinajstić information content (AvgIpc) is 2.31. The third-order valence-electron chi connectivity index (χ3n) is 1.25. The van der Waals surface area contributed by atoms with Crippen LogP contribution >= 0.6 is 0 Å². The van der Waals surface area contributed by atoms with Crippen molar-refractivity contribution in [2.75, 3.05) is 0 Å². The van der Waals surface area contributed by atoms with Crippen LogP contribution in [0.25, 0.3) is 0 Å². The van der Waals surface area contributed by atoms with Gasteiger partial charge in [0.05, 0.1) is 0 Å². The lowest BCUT2D eigenvalue weighted by atomic mass is 10.4. The van der Waals surface area contributed by atoms with E-state index < -0.39 is 0 Å². The molecule has 0 saturated heterocycles. The fraction of sp³-hybridized carbons (Fsp3) is 0. The monoisotopic (exact) mass is 150 g/mol. The number of rotatable bonds is 0. The first-order chi connectivity index (χ1) is 5.27. The van der Waals surface area contributed by atoms with Crippen molar-refractivity contribution in [1.82, 2.24) is 5.32 Å². The molecule has 0 aliphatic carbocycles. The SMILES string of the molecule is NC1=C2N=C(O)N=C2[N]C=N1. The fourth-order valence-electron chi connectivity index (χ4n) is 0.791. The first-order valence-corrected chi connectivity index (χ1v) is 2.87. The summed E-state index contributed by atoms with van der Waals surface area (Å²) in [5.41, 5.74) is 5.74. The van der Waals surface area contributed by atoms with Gasteiger partial charge in [-0.05, 0) is 0 Å². The Balaban J connectivity index is 2.53. The maximum atomic E-state index is 8.84. The lowest BCUT2D eigenvalue weighted by molar-refractivity contribution is 0.545. The summed E-state index contributed by atoms with van der Waals surface area (Å²) in [4.78, 5) is 10.9. The molecule has 0 aromatic heterocycles. The minimum Gasteiger partial charge on any atom is -0.479 e. The predicted octanol–water partition coefficient (Wildman–Crippen LogP) is -0.913. The summed E-state index contributed by atoms with van der Waals surface area (Å²) >= 11 is 0. The quantitative estimate of drug-likeness (QED) is 0.467. The van der Waals surface area contributed by atoms with Gasteiger partial charge in [-0.25, -0.2) is 10.3 Å². The number of aliphatic imine (C=N–C) groups is 3. The van der Waals surface area contributed by atoms with Crippen molar-refractivity contribution in [3.8, 4) is 0 Å². The maximum Gasteiger partial charge on any atom is 0.316 e. The van der Waals surface area contributed by atoms with Crippen LogP contribution in [0.15, 0.2) is 26.5 Å². The predicted molar refractivity (Wildman–Crippen MR) is 39.3 cm³/mol. The van der Waals surface area contributed by atoms with Gasteiger partial charge in [-0.1, -0.05) is 0 Å². The topological polar surface area (TPSA) is 97.4 Å². The standard InChI is InChI=1S/C5H4N5O/c6-3-2-4(8-1-7-3)10-5(11)9-2/h1H,6H2,(H,9,11). The zero-order chi connectivity index (χ0) is 7.84. The molecule has 2 aliphatic heterocycles. The second kappa shape index (κ2) is 1.82. The highest BCUT2D eigenvalue weighted by Gasteiger charge is 2.21. The molecule has 1 radical (unpaired) electrons. The van der Waals surface area contributed by atoms with Gasteiger partial charge in [0.15, 0.2) is 17.4 Å². The highest BCUT2D eigenvalue weighted by atomic mass is 16.3. The molecule has 2 rings (SSSR count). The minimum absolute atomic E-state index is 0.225. The molecular weight excluding hydrogens is 146 g/mol. The molecule has 3 N–H and O–H groups in total. The van der Waals surface area contributed by atoms with Gasteiger partial charge < -0.3 is 10.8 Å². The summed E-state index contributed by atoms with van der Waals surface area (Å²) in [7, 11) is 0. The van der Waals surface area contributed by atoms with Crippen LogP contribution in [0.4, 0.5) is 0 Å². The molecule has 0 unspecified atom stereocenters. The van der Waals surface area contributed by atoms with Gasteiger partial charge in [0.1, 0.15) is 6.34 Å². The second-order valence-corrected chi connectivity index (χ2v) is 1.95. The smallest absolute Gasteiger partial charge is 0.316 e. The summed E-state index contributed by atoms with van der Waals surface area (Å²) in [5.74, 6) is 0.540. The summed E-state index contributed by atoms with van der Waals surface area (Å²) in [5, 5.41) is 12.6. The summed E-state index contributed by atoms with van der Waals surface area (Å²) < 4.78 is 0. The average molecular weight is 150 g/mol. The van der Waals surface area contributed by atoms with E-state index in [-0.39, 0.29) is 11.8 Å². The van der Waals surface area contributed by atoms with Crippen LogP contribution in [0.3, 0.4) is 0 Å². The van der Waals surface area contributed by atoms with Gasteiger partial charge in [-0.15, -0.1) is 0 Å². The highest BCUT2D eigenvalue weighted by Crippen LogP contribution is 2.13. The van der Waals surface area contributed by atoms with Crippen LogP contribution in [-0.2, 0) is 0 Å². The Morgan fingerprint density at radius 3 is 2.91 bits per heavy atom. The van der Waals surface area contributed by atoms with E-state index in [2.05, 4.69) is 20.3 Å². The van der Waals surface area contributed by atoms with Gasteiger partial charge in [0.2, 0.25) is 0 Å². The molecule has 0 aromatic rings. The van der Waals surface area contributed by atoms with Crippen molar-refractivity contribution in [2.45, 2.75) is 0 Å². The molecule has 0 aromatic carbocycles. The maximum absolute atomic E-state index is 8.84. The number of aliphatic hydroxyl groups is 1. The van der Waals surface area contributed by atoms with E-state index in [0.29, 0.717) is 11.5 Å². The van der Waals surface area contributed by atoms with Crippen molar-refractivity contribution >= 4 is 18.2 Å². The van der Waals surface area contributed by atoms with E-state index in [0.717, 1.165) is 0 Å². The second-order valence-electron chi connectivity index (χ2n) is 1.95. The Morgan fingerprint density at radius 1 is 1.36 bits per heavy atom. The highest BCUT2D eigenvalue weighted by molar-refractivity contribution is 6.14. The molecule has 11 heavy (non-hydrogen) atoms. The van der Waals surface area contributed by atoms with Crippen molar-refractivity contribution in [1.29, 1.82) is 0 Å². The van der Waals surface area contributed by atoms with Gasteiger partial charge >= 0.3 is 6.02 Å². The van der Waals surface area contributed by atoms with Gasteiger partial charge in [-0.2, -0.15) is 9.98 Å². The van der Waals surface area contributed by atoms with Gasteiger partial charge in [0.25, 0.3) is 0 Å². The normalized spacial score (nSPS) is 20.7. The summed E-state index contributed by atoms with van der Waals surface area (Å²) in [6.45, 7) is 0. The van der Waals surface area contributed by atoms with Crippen LogP contribution in [-0.4, -0.2) is 23.3 Å². The Kier molecular flexibility index (Phi) is 0.974. The molecule has 0 bridgehead atoms. The minimum atomic E-state index is -0.327. The molecule has 6 nitrogen and oxygen atoms in total. The van der Waals surface area contributed by atoms with Crippen molar-refractivity contribution in [3.63, 3.8) is 0 Å². The van der Waals surface area contributed by atoms with Crippen molar-refractivity contribution in [3.05, 3.63) is 11.5 Å². The zero-order valence-electron chi connectivity index (χ0n) is 5.39. The van der Waals surface area contributed by atoms with Crippen LogP contribution in [0.1, 0.15) is 0 Å². The Hall–Kier alpha value is -1.85. The third kappa shape index (κ3) is 0.759. The Bertz CT molecular complexity index is 324. The molecule has 6 heteroatoms. The van der Waals surface area contributed by atoms with Crippen LogP contribution in [0, 0.1) is 0 Å². The Morgan fingerprint density at radius 2 is 2.18 bits per heavy atom. The first kappa shape index (κ1) is 5.90. The molecule has 0 fully saturated rings. The fourth-order valence-corrected chi connectivity index (χ4v) is 0.791. The molecule has 0 amide bonds. The lowest BCUT2D eigenvalue weighted by Gasteiger charge is -2.03. The van der Waals surface area contributed by atoms with Crippen LogP contribution in [0.2, 0.25) is 0 Å². The van der Waals surface area contributed by atoms with Crippen LogP contribution in [0.5, 0.6) is 0 Å². The van der Waals surface area contributed by atoms with E-state index in [1.165, 1.54) is 6.34 Å². The van der Waals surface area contributed by atoms with Crippen LogP contribution < -0.4 is 11.1 Å². The largest absolute Gasteiger partial charge is 0.479 e. The number of nitrogens with zero attached hydrogens (tertiary/aromatic N) is 4. The van der Waals surface area contributed by atoms with Gasteiger partial charge in [0, 0.05) is 0 Å². The van der Waals surface area contributed by atoms with E-state index in [1.54, 1.807) is 0 Å². The van der Waals surface area contributed by atoms with Crippen molar-refractivity contribution in [2.24, 2.45) is 20.7 Å². The third-order valence-corrected chi connectivity index (χ3v) is 1.25. The molecule has 0 spiro atoms. The summed E-state index contributed by atoms with van der Waals surface area (Å²) in [6, 6.07) is -0.327. The van der Waals surface area contributed by atoms with E-state index in [4.69, 9.17) is 10.8 Å². The summed E-state index contributed by atoms with van der Waals surface area (Å²) in [6.07, 6.45) is 1.27. The van der Waals surface area contributed by atoms with E-state index in [1.807, 2.05) is 0 Å². The number of nitrogens with two attached hydrogens (primary N) is 1. The number of amidine groups is 2. The molecule has 0 saturated carbocycles. The van der Waals surface area contributed by atoms with Gasteiger partial charge in [-0.3, -0.25) is 0 Å². The number of hydrogen-bond donors (Lipinski definition) is 2. The zero-order valence-corrected chi connectivity index (χ0v) is 5.39. The molecular formula is C5H4N5O. The molecule has 0 atom stereocenters. The van der Waals surface area contributed by atoms with E-state index in [9.17, 15) is 0 Å². The molecule has 2 aliphatic rings. The Labute approximate surface area is 61.9 Å². The van der Waals surface area contributed by atoms with Crippen molar-refractivity contribution < 1.29 is 5.11 Å². The lowest BCUT2D eigenvalue weighted by Crippen LogP contribution is -2.21. The molecule has 55 valence electrons. The number of fused-ring (bicyclic) bond motifs is 1. The number of hydrogen-bond acceptors (Lipinski definition) is 4.